The van der Waals surface area contributed by atoms with E-state index >= 15 is 0 Å². The number of halogens is 1. The maximum Gasteiger partial charge on any atom is 0.242 e. The molecule has 2 heterocycles. The summed E-state index contributed by atoms with van der Waals surface area (Å²) in [6.07, 6.45) is 1.46. The second-order valence-corrected chi connectivity index (χ2v) is 7.51. The molecule has 1 amide bonds. The number of aliphatic hydroxyl groups is 1. The largest absolute Gasteiger partial charge is 0.379 e. The number of rotatable bonds is 4. The zero-order valence-electron chi connectivity index (χ0n) is 15.8. The molecule has 1 aromatic carbocycles. The Hall–Kier alpha value is -2.22. The summed E-state index contributed by atoms with van der Waals surface area (Å²) < 4.78 is 13.5. The van der Waals surface area contributed by atoms with E-state index in [4.69, 9.17) is 0 Å². The van der Waals surface area contributed by atoms with Crippen LogP contribution in [0.1, 0.15) is 23.7 Å². The summed E-state index contributed by atoms with van der Waals surface area (Å²) in [5, 5.41) is 11.4. The molecule has 3 unspecified atom stereocenters. The second-order valence-electron chi connectivity index (χ2n) is 7.51. The molecule has 3 atom stereocenters. The molecule has 27 heavy (non-hydrogen) atoms. The number of aromatic amines is 1. The summed E-state index contributed by atoms with van der Waals surface area (Å²) in [7, 11) is 2.02. The van der Waals surface area contributed by atoms with Crippen LogP contribution in [0.4, 0.5) is 4.39 Å². The third-order valence-electron chi connectivity index (χ3n) is 5.78. The number of nitrogens with one attached hydrogen (secondary N) is 2. The molecule has 0 radical (unpaired) electrons. The minimum Gasteiger partial charge on any atom is -0.379 e. The predicted octanol–water partition coefficient (Wildman–Crippen LogP) is 1.94. The van der Waals surface area contributed by atoms with Crippen LogP contribution in [0, 0.1) is 12.8 Å². The standard InChI is InChI=1S/C20H25FN4O2/c1-11-15-8-18-16(14-5-4-6-17(22-11)19(14)15)7-13(9-24(18)3)20(27)23-25(10-26)12(2)21/h4-7,12-13,18,22,26H,8-10H2,1-3H3,(H,23,27). The van der Waals surface area contributed by atoms with Gasteiger partial charge in [-0.25, -0.2) is 4.39 Å². The van der Waals surface area contributed by atoms with Crippen LogP contribution in [0.5, 0.6) is 0 Å². The molecular formula is C20H25FN4O2. The van der Waals surface area contributed by atoms with Crippen molar-refractivity contribution in [2.24, 2.45) is 5.92 Å². The molecule has 2 aromatic rings. The number of aliphatic hydroxyl groups excluding tert-OH is 1. The number of fused-ring (bicyclic) bond motifs is 2. The van der Waals surface area contributed by atoms with E-state index in [1.165, 1.54) is 23.6 Å². The van der Waals surface area contributed by atoms with E-state index in [-0.39, 0.29) is 11.9 Å². The molecule has 0 bridgehead atoms. The summed E-state index contributed by atoms with van der Waals surface area (Å²) in [4.78, 5) is 18.3. The lowest BCUT2D eigenvalue weighted by molar-refractivity contribution is -0.136. The van der Waals surface area contributed by atoms with Crippen molar-refractivity contribution in [1.82, 2.24) is 20.3 Å². The van der Waals surface area contributed by atoms with Gasteiger partial charge in [0.25, 0.3) is 0 Å². The van der Waals surface area contributed by atoms with Gasteiger partial charge < -0.3 is 10.1 Å². The zero-order valence-corrected chi connectivity index (χ0v) is 15.8. The van der Waals surface area contributed by atoms with E-state index in [1.807, 2.05) is 19.2 Å². The van der Waals surface area contributed by atoms with E-state index in [0.29, 0.717) is 6.54 Å². The van der Waals surface area contributed by atoms with Crippen LogP contribution in [0.25, 0.3) is 16.5 Å². The van der Waals surface area contributed by atoms with Gasteiger partial charge in [-0.2, -0.15) is 5.01 Å². The quantitative estimate of drug-likeness (QED) is 0.436. The van der Waals surface area contributed by atoms with E-state index in [1.54, 1.807) is 0 Å². The zero-order chi connectivity index (χ0) is 19.3. The Labute approximate surface area is 157 Å². The van der Waals surface area contributed by atoms with Gasteiger partial charge in [-0.15, -0.1) is 0 Å². The first kappa shape index (κ1) is 18.2. The second kappa shape index (κ2) is 6.74. The highest BCUT2D eigenvalue weighted by atomic mass is 19.1. The van der Waals surface area contributed by atoms with Gasteiger partial charge in [-0.3, -0.25) is 15.1 Å². The number of aromatic nitrogens is 1. The van der Waals surface area contributed by atoms with E-state index in [0.717, 1.165) is 28.1 Å². The van der Waals surface area contributed by atoms with Gasteiger partial charge in [0.1, 0.15) is 6.73 Å². The van der Waals surface area contributed by atoms with Crippen LogP contribution in [0.15, 0.2) is 24.3 Å². The van der Waals surface area contributed by atoms with Crippen LogP contribution in [0.2, 0.25) is 0 Å². The molecule has 0 saturated carbocycles. The molecule has 1 aliphatic carbocycles. The Bertz CT molecular complexity index is 920. The fourth-order valence-corrected chi connectivity index (χ4v) is 4.35. The van der Waals surface area contributed by atoms with Crippen LogP contribution in [0.3, 0.4) is 0 Å². The van der Waals surface area contributed by atoms with Gasteiger partial charge in [0.05, 0.1) is 5.92 Å². The normalized spacial score (nSPS) is 23.3. The number of hydrogen-bond acceptors (Lipinski definition) is 4. The Kier molecular flexibility index (Phi) is 4.53. The van der Waals surface area contributed by atoms with Gasteiger partial charge >= 0.3 is 0 Å². The number of carbonyl (C=O) groups is 1. The molecule has 7 heteroatoms. The van der Waals surface area contributed by atoms with Crippen LogP contribution in [-0.2, 0) is 11.2 Å². The number of hydrogen-bond donors (Lipinski definition) is 3. The number of H-pyrrole nitrogens is 1. The van der Waals surface area contributed by atoms with Crippen molar-refractivity contribution >= 4 is 22.4 Å². The molecule has 144 valence electrons. The average molecular weight is 372 g/mol. The number of alkyl halides is 1. The Morgan fingerprint density at radius 2 is 2.30 bits per heavy atom. The minimum absolute atomic E-state index is 0.218. The summed E-state index contributed by atoms with van der Waals surface area (Å²) in [6, 6.07) is 6.43. The van der Waals surface area contributed by atoms with Gasteiger partial charge in [0, 0.05) is 29.2 Å². The fraction of sp³-hybridized carbons (Fsp3) is 0.450. The third-order valence-corrected chi connectivity index (χ3v) is 5.78. The molecule has 1 aromatic heterocycles. The topological polar surface area (TPSA) is 71.6 Å². The van der Waals surface area contributed by atoms with Crippen LogP contribution >= 0.6 is 0 Å². The van der Waals surface area contributed by atoms with Crippen LogP contribution in [-0.4, -0.2) is 58.6 Å². The number of likely N-dealkylation sites (N-methyl/N-ethyl adjacent to an activating group) is 1. The number of nitrogens with zero attached hydrogens (tertiary/aromatic N) is 2. The molecule has 0 fully saturated rings. The molecular weight excluding hydrogens is 347 g/mol. The van der Waals surface area contributed by atoms with Crippen LogP contribution < -0.4 is 5.43 Å². The Morgan fingerprint density at radius 1 is 1.52 bits per heavy atom. The smallest absolute Gasteiger partial charge is 0.242 e. The van der Waals surface area contributed by atoms with Crippen molar-refractivity contribution < 1.29 is 14.3 Å². The number of amides is 1. The van der Waals surface area contributed by atoms with Crippen molar-refractivity contribution in [1.29, 1.82) is 0 Å². The van der Waals surface area contributed by atoms with Crippen molar-refractivity contribution in [3.8, 4) is 0 Å². The summed E-state index contributed by atoms with van der Waals surface area (Å²) >= 11 is 0. The highest BCUT2D eigenvalue weighted by Gasteiger charge is 2.36. The number of hydrazine groups is 1. The number of carbonyl (C=O) groups excluding carboxylic acids is 1. The molecule has 4 rings (SSSR count). The van der Waals surface area contributed by atoms with E-state index < -0.39 is 18.9 Å². The van der Waals surface area contributed by atoms with Crippen molar-refractivity contribution in [2.45, 2.75) is 32.6 Å². The maximum absolute atomic E-state index is 13.5. The van der Waals surface area contributed by atoms with Crippen molar-refractivity contribution in [3.05, 3.63) is 41.1 Å². The van der Waals surface area contributed by atoms with E-state index in [9.17, 15) is 14.3 Å². The predicted molar refractivity (Wildman–Crippen MR) is 102 cm³/mol. The molecule has 0 saturated heterocycles. The summed E-state index contributed by atoms with van der Waals surface area (Å²) in [5.74, 6) is -0.722. The Balaban J connectivity index is 1.72. The van der Waals surface area contributed by atoms with Crippen molar-refractivity contribution in [2.75, 3.05) is 20.3 Å². The first-order chi connectivity index (χ1) is 12.9. The van der Waals surface area contributed by atoms with Gasteiger partial charge in [0.15, 0.2) is 6.30 Å². The first-order valence-corrected chi connectivity index (χ1v) is 9.25. The lowest BCUT2D eigenvalue weighted by Gasteiger charge is -2.40. The lowest BCUT2D eigenvalue weighted by Crippen LogP contribution is -2.52. The van der Waals surface area contributed by atoms with Gasteiger partial charge in [-0.05, 0) is 50.1 Å². The van der Waals surface area contributed by atoms with Crippen molar-refractivity contribution in [3.63, 3.8) is 0 Å². The number of benzene rings is 1. The monoisotopic (exact) mass is 372 g/mol. The molecule has 0 spiro atoms. The molecule has 6 nitrogen and oxygen atoms in total. The molecule has 3 N–H and O–H groups in total. The maximum atomic E-state index is 13.5. The number of aryl methyl sites for hydroxylation is 1. The van der Waals surface area contributed by atoms with E-state index in [2.05, 4.69) is 34.4 Å². The molecule has 1 aliphatic heterocycles. The average Bonchev–Trinajstić information content (AvgIpc) is 2.96. The summed E-state index contributed by atoms with van der Waals surface area (Å²) in [6.45, 7) is 3.36. The SMILES string of the molecule is Cc1[nH]c2cccc3c2c1CC1C3=CC(C(=O)NN(CO)C(C)F)CN1C. The fourth-order valence-electron chi connectivity index (χ4n) is 4.35. The Morgan fingerprint density at radius 3 is 3.00 bits per heavy atom. The van der Waals surface area contributed by atoms with Gasteiger partial charge in [-0.1, -0.05) is 18.2 Å². The third kappa shape index (κ3) is 2.96. The summed E-state index contributed by atoms with van der Waals surface area (Å²) in [5.41, 5.74) is 8.45. The lowest BCUT2D eigenvalue weighted by atomic mass is 9.79. The molecule has 2 aliphatic rings. The highest BCUT2D eigenvalue weighted by molar-refractivity contribution is 6.00. The minimum atomic E-state index is -1.46. The first-order valence-electron chi connectivity index (χ1n) is 9.25. The van der Waals surface area contributed by atoms with Gasteiger partial charge in [0.2, 0.25) is 5.91 Å². The highest BCUT2D eigenvalue weighted by Crippen LogP contribution is 2.41.